The van der Waals surface area contributed by atoms with Crippen LogP contribution in [-0.4, -0.2) is 37.3 Å². The molecule has 2 heterocycles. The van der Waals surface area contributed by atoms with E-state index < -0.39 is 0 Å². The summed E-state index contributed by atoms with van der Waals surface area (Å²) < 4.78 is 5.69. The molecule has 18 heavy (non-hydrogen) atoms. The van der Waals surface area contributed by atoms with Crippen LogP contribution in [0.3, 0.4) is 0 Å². The van der Waals surface area contributed by atoms with E-state index in [1.807, 2.05) is 12.3 Å². The minimum Gasteiger partial charge on any atom is -0.377 e. The lowest BCUT2D eigenvalue weighted by atomic mass is 10.2. The quantitative estimate of drug-likeness (QED) is 0.883. The van der Waals surface area contributed by atoms with Crippen molar-refractivity contribution in [2.24, 2.45) is 0 Å². The van der Waals surface area contributed by atoms with Gasteiger partial charge in [0.25, 0.3) is 0 Å². The molecule has 0 saturated carbocycles. The number of aromatic nitrogens is 1. The van der Waals surface area contributed by atoms with Gasteiger partial charge < -0.3 is 15.0 Å². The van der Waals surface area contributed by atoms with Gasteiger partial charge in [0, 0.05) is 38.0 Å². The van der Waals surface area contributed by atoms with Crippen LogP contribution in [0.4, 0.5) is 5.82 Å². The molecule has 1 fully saturated rings. The fourth-order valence-corrected chi connectivity index (χ4v) is 2.30. The predicted molar refractivity (Wildman–Crippen MR) is 73.9 cm³/mol. The Morgan fingerprint density at radius 3 is 3.28 bits per heavy atom. The van der Waals surface area contributed by atoms with E-state index in [0.717, 1.165) is 45.0 Å². The molecule has 1 aliphatic rings. The smallest absolute Gasteiger partial charge is 0.133 e. The summed E-state index contributed by atoms with van der Waals surface area (Å²) in [7, 11) is 0. The van der Waals surface area contributed by atoms with Crippen LogP contribution in [0.15, 0.2) is 18.3 Å². The van der Waals surface area contributed by atoms with Crippen LogP contribution >= 0.6 is 0 Å². The number of anilines is 1. The molecular weight excluding hydrogens is 226 g/mol. The molecule has 0 aliphatic carbocycles. The Bertz CT molecular complexity index is 370. The summed E-state index contributed by atoms with van der Waals surface area (Å²) in [6.07, 6.45) is 3.23. The van der Waals surface area contributed by atoms with Gasteiger partial charge in [-0.1, -0.05) is 13.0 Å². The number of ether oxygens (including phenoxy) is 1. The molecule has 1 aromatic rings. The van der Waals surface area contributed by atoms with Crippen LogP contribution in [0.5, 0.6) is 0 Å². The highest BCUT2D eigenvalue weighted by Crippen LogP contribution is 2.19. The van der Waals surface area contributed by atoms with Crippen molar-refractivity contribution in [3.63, 3.8) is 0 Å². The Morgan fingerprint density at radius 1 is 1.56 bits per heavy atom. The number of nitrogens with zero attached hydrogens (tertiary/aromatic N) is 2. The van der Waals surface area contributed by atoms with E-state index in [0.29, 0.717) is 0 Å². The first-order valence-corrected chi connectivity index (χ1v) is 6.82. The average molecular weight is 249 g/mol. The second kappa shape index (κ2) is 6.71. The van der Waals surface area contributed by atoms with Crippen LogP contribution in [-0.2, 0) is 11.3 Å². The third-order valence-electron chi connectivity index (χ3n) is 3.18. The highest BCUT2D eigenvalue weighted by atomic mass is 16.5. The van der Waals surface area contributed by atoms with Crippen molar-refractivity contribution in [3.8, 4) is 0 Å². The van der Waals surface area contributed by atoms with Crippen LogP contribution in [0.2, 0.25) is 0 Å². The zero-order chi connectivity index (χ0) is 12.8. The molecule has 4 heteroatoms. The van der Waals surface area contributed by atoms with Gasteiger partial charge in [-0.2, -0.15) is 0 Å². The lowest BCUT2D eigenvalue weighted by Crippen LogP contribution is -2.32. The number of hydrogen-bond donors (Lipinski definition) is 1. The van der Waals surface area contributed by atoms with Crippen molar-refractivity contribution in [3.05, 3.63) is 23.9 Å². The molecule has 1 atom stereocenters. The average Bonchev–Trinajstić information content (AvgIpc) is 2.61. The molecule has 1 aromatic heterocycles. The first kappa shape index (κ1) is 13.3. The molecule has 0 spiro atoms. The van der Waals surface area contributed by atoms with E-state index in [1.165, 1.54) is 5.56 Å². The van der Waals surface area contributed by atoms with E-state index in [9.17, 15) is 0 Å². The fourth-order valence-electron chi connectivity index (χ4n) is 2.30. The molecule has 4 nitrogen and oxygen atoms in total. The maximum atomic E-state index is 5.69. The van der Waals surface area contributed by atoms with Crippen LogP contribution in [0.1, 0.15) is 25.8 Å². The molecule has 2 rings (SSSR count). The molecule has 0 radical (unpaired) electrons. The van der Waals surface area contributed by atoms with Crippen molar-refractivity contribution >= 4 is 5.82 Å². The third kappa shape index (κ3) is 3.43. The first-order valence-electron chi connectivity index (χ1n) is 6.82. The van der Waals surface area contributed by atoms with Crippen LogP contribution in [0.25, 0.3) is 0 Å². The molecule has 1 unspecified atom stereocenters. The Kier molecular flexibility index (Phi) is 4.96. The number of hydrogen-bond acceptors (Lipinski definition) is 4. The van der Waals surface area contributed by atoms with Gasteiger partial charge in [-0.25, -0.2) is 4.98 Å². The zero-order valence-corrected chi connectivity index (χ0v) is 11.4. The summed E-state index contributed by atoms with van der Waals surface area (Å²) in [4.78, 5) is 6.91. The molecule has 0 amide bonds. The number of rotatable bonds is 4. The zero-order valence-electron chi connectivity index (χ0n) is 11.4. The van der Waals surface area contributed by atoms with Crippen LogP contribution < -0.4 is 10.2 Å². The van der Waals surface area contributed by atoms with Gasteiger partial charge in [-0.15, -0.1) is 0 Å². The van der Waals surface area contributed by atoms with Gasteiger partial charge >= 0.3 is 0 Å². The Balaban J connectivity index is 2.14. The first-order chi connectivity index (χ1) is 8.81. The van der Waals surface area contributed by atoms with Crippen molar-refractivity contribution in [1.29, 1.82) is 0 Å². The van der Waals surface area contributed by atoms with E-state index in [4.69, 9.17) is 4.74 Å². The topological polar surface area (TPSA) is 37.4 Å². The summed E-state index contributed by atoms with van der Waals surface area (Å²) in [5.41, 5.74) is 1.27. The van der Waals surface area contributed by atoms with E-state index in [2.05, 4.69) is 35.1 Å². The number of pyridine rings is 1. The molecule has 1 aliphatic heterocycles. The Labute approximate surface area is 109 Å². The molecule has 100 valence electrons. The maximum Gasteiger partial charge on any atom is 0.133 e. The fraction of sp³-hybridized carbons (Fsp3) is 0.643. The highest BCUT2D eigenvalue weighted by molar-refractivity contribution is 5.47. The minimum absolute atomic E-state index is 0.279. The van der Waals surface area contributed by atoms with Crippen molar-refractivity contribution < 1.29 is 4.74 Å². The number of nitrogens with one attached hydrogen (secondary N) is 1. The van der Waals surface area contributed by atoms with Crippen LogP contribution in [0, 0.1) is 0 Å². The van der Waals surface area contributed by atoms with Gasteiger partial charge in [0.15, 0.2) is 0 Å². The van der Waals surface area contributed by atoms with E-state index >= 15 is 0 Å². The molecule has 0 bridgehead atoms. The van der Waals surface area contributed by atoms with E-state index in [1.54, 1.807) is 0 Å². The van der Waals surface area contributed by atoms with Gasteiger partial charge in [-0.3, -0.25) is 0 Å². The molecular formula is C14H23N3O. The van der Waals surface area contributed by atoms with E-state index in [-0.39, 0.29) is 6.10 Å². The SMILES string of the molecule is CCNCc1cccnc1N1CCCOC(C)C1. The largest absolute Gasteiger partial charge is 0.377 e. The van der Waals surface area contributed by atoms with Gasteiger partial charge in [0.1, 0.15) is 5.82 Å². The summed E-state index contributed by atoms with van der Waals surface area (Å²) in [5.74, 6) is 1.11. The molecule has 1 saturated heterocycles. The van der Waals surface area contributed by atoms with Gasteiger partial charge in [-0.05, 0) is 26.0 Å². The second-order valence-corrected chi connectivity index (χ2v) is 4.75. The van der Waals surface area contributed by atoms with Gasteiger partial charge in [0.05, 0.1) is 6.10 Å². The second-order valence-electron chi connectivity index (χ2n) is 4.75. The highest BCUT2D eigenvalue weighted by Gasteiger charge is 2.18. The lowest BCUT2D eigenvalue weighted by molar-refractivity contribution is 0.0820. The Hall–Kier alpha value is -1.13. The summed E-state index contributed by atoms with van der Waals surface area (Å²) in [5, 5.41) is 3.37. The monoisotopic (exact) mass is 249 g/mol. The molecule has 1 N–H and O–H groups in total. The Morgan fingerprint density at radius 2 is 2.44 bits per heavy atom. The maximum absolute atomic E-state index is 5.69. The summed E-state index contributed by atoms with van der Waals surface area (Å²) in [6.45, 7) is 8.92. The lowest BCUT2D eigenvalue weighted by Gasteiger charge is -2.25. The summed E-state index contributed by atoms with van der Waals surface area (Å²) >= 11 is 0. The normalized spacial score (nSPS) is 20.8. The van der Waals surface area contributed by atoms with Crippen molar-refractivity contribution in [2.45, 2.75) is 32.9 Å². The standard InChI is InChI=1S/C14H23N3O/c1-3-15-10-13-6-4-7-16-14(13)17-8-5-9-18-12(2)11-17/h4,6-7,12,15H,3,5,8-11H2,1-2H3. The van der Waals surface area contributed by atoms with Crippen molar-refractivity contribution in [1.82, 2.24) is 10.3 Å². The molecule has 0 aromatic carbocycles. The third-order valence-corrected chi connectivity index (χ3v) is 3.18. The predicted octanol–water partition coefficient (Wildman–Crippen LogP) is 1.81. The summed E-state index contributed by atoms with van der Waals surface area (Å²) in [6, 6.07) is 4.16. The van der Waals surface area contributed by atoms with Gasteiger partial charge in [0.2, 0.25) is 0 Å². The van der Waals surface area contributed by atoms with Crippen molar-refractivity contribution in [2.75, 3.05) is 31.1 Å². The minimum atomic E-state index is 0.279.